The third kappa shape index (κ3) is 16.4. The van der Waals surface area contributed by atoms with Crippen molar-refractivity contribution in [3.05, 3.63) is 5.92 Å². The number of rotatable bonds is 37. The Hall–Kier alpha value is -0.400. The summed E-state index contributed by atoms with van der Waals surface area (Å²) in [7, 11) is 2.18. The van der Waals surface area contributed by atoms with E-state index in [4.69, 9.17) is 47.4 Å². The van der Waals surface area contributed by atoms with Crippen LogP contribution in [0.4, 0.5) is 0 Å². The third-order valence-corrected chi connectivity index (χ3v) is 32.7. The van der Waals surface area contributed by atoms with Crippen LogP contribution in [0.25, 0.3) is 0 Å². The second-order valence-electron chi connectivity index (χ2n) is 41.2. The topological polar surface area (TPSA) is 92.3 Å². The quantitative estimate of drug-likeness (QED) is 0.0560. The van der Waals surface area contributed by atoms with Crippen LogP contribution in [0.5, 0.6) is 0 Å². The molecule has 0 aromatic heterocycles. The minimum atomic E-state index is -0.377. The van der Waals surface area contributed by atoms with Crippen LogP contribution >= 0.6 is 0 Å². The first-order chi connectivity index (χ1) is 51.2. The van der Waals surface area contributed by atoms with Gasteiger partial charge in [0.1, 0.15) is 0 Å². The molecule has 0 saturated heterocycles. The van der Waals surface area contributed by atoms with Gasteiger partial charge in [-0.1, -0.05) is 132 Å². The van der Waals surface area contributed by atoms with Gasteiger partial charge in [0.15, 0.2) is 0 Å². The van der Waals surface area contributed by atoms with Crippen LogP contribution in [-0.2, 0) is 47.4 Å². The summed E-state index contributed by atoms with van der Waals surface area (Å²) in [4.78, 5) is 0. The highest BCUT2D eigenvalue weighted by Crippen LogP contribution is 2.98. The van der Waals surface area contributed by atoms with Gasteiger partial charge in [0.25, 0.3) is 0 Å². The lowest BCUT2D eigenvalue weighted by Crippen LogP contribution is -2.88. The number of methoxy groups -OCH3 is 1. The summed E-state index contributed by atoms with van der Waals surface area (Å²) in [5, 5.41) is 0. The molecular formula is C96H169O10. The molecule has 12 rings (SSSR count). The summed E-state index contributed by atoms with van der Waals surface area (Å²) in [6.45, 7) is 41.2. The van der Waals surface area contributed by atoms with Gasteiger partial charge in [0, 0.05) is 46.8 Å². The van der Waals surface area contributed by atoms with Gasteiger partial charge in [-0.2, -0.15) is 0 Å². The summed E-state index contributed by atoms with van der Waals surface area (Å²) >= 11 is 0. The lowest BCUT2D eigenvalue weighted by Gasteiger charge is -2.92. The van der Waals surface area contributed by atoms with E-state index >= 15 is 0 Å². The Kier molecular flexibility index (Phi) is 29.9. The van der Waals surface area contributed by atoms with Crippen molar-refractivity contribution in [1.29, 1.82) is 0 Å². The van der Waals surface area contributed by atoms with Crippen molar-refractivity contribution >= 4 is 0 Å². The largest absolute Gasteiger partial charge is 0.381 e. The maximum absolute atomic E-state index is 8.46. The summed E-state index contributed by atoms with van der Waals surface area (Å²) in [6, 6.07) is 0. The molecule has 12 aliphatic rings. The average molecular weight is 1480 g/mol. The van der Waals surface area contributed by atoms with Gasteiger partial charge < -0.3 is 47.4 Å². The van der Waals surface area contributed by atoms with Crippen LogP contribution in [0.1, 0.15) is 386 Å². The van der Waals surface area contributed by atoms with Crippen molar-refractivity contribution < 1.29 is 47.4 Å². The molecule has 0 aromatic carbocycles. The summed E-state index contributed by atoms with van der Waals surface area (Å²) in [6.07, 6.45) is 54.6. The van der Waals surface area contributed by atoms with Crippen molar-refractivity contribution in [3.8, 4) is 0 Å². The number of hydrogen-bond donors (Lipinski definition) is 0. The smallest absolute Gasteiger partial charge is 0.0614 e. The van der Waals surface area contributed by atoms with Crippen molar-refractivity contribution in [2.24, 2.45) is 91.2 Å². The minimum Gasteiger partial charge on any atom is -0.381 e. The Balaban J connectivity index is 1.38. The predicted molar refractivity (Wildman–Crippen MR) is 434 cm³/mol. The van der Waals surface area contributed by atoms with Crippen LogP contribution in [0.3, 0.4) is 0 Å². The van der Waals surface area contributed by atoms with Crippen LogP contribution in [0.2, 0.25) is 0 Å². The molecule has 0 spiro atoms. The standard InChI is InChI=1S/C96H169O10/c1-17-22-57-100-83-45-26-41-79(83)91(52-30-36-74(61-91)97-16)95(92(53-31-38-76(62-92)98-21-5)80-42-27-46-84(80)103-66-68(8)9)64-87(90(71-49-50-71)51-29-37-75(60-90)102-65-67(6)7)96(95,93(54-32-39-77(63-93)99-56-19-3)81-43-28-47-85(81)105-70(12)20-4)94(72-34-24-35-73(59-72)104-69(10)11)55-33-48-86(101-58-23-18-2)88(94)78-40-25-44-82(78)106-89(13,14)15/h67-86,88H,17-66H2,1-16H3. The molecule has 0 heterocycles. The van der Waals surface area contributed by atoms with E-state index in [9.17, 15) is 0 Å². The summed E-state index contributed by atoms with van der Waals surface area (Å²) in [5.74, 6) is 5.77. The fourth-order valence-electron chi connectivity index (χ4n) is 29.9. The molecule has 1 radical (unpaired) electrons. The molecule has 0 N–H and O–H groups in total. The highest BCUT2D eigenvalue weighted by Gasteiger charge is 2.94. The summed E-state index contributed by atoms with van der Waals surface area (Å²) < 4.78 is 79.8. The van der Waals surface area contributed by atoms with Gasteiger partial charge in [0.2, 0.25) is 0 Å². The Bertz CT molecular complexity index is 2620. The number of ether oxygens (including phenoxy) is 10. The molecule has 24 atom stereocenters. The van der Waals surface area contributed by atoms with Gasteiger partial charge in [-0.3, -0.25) is 0 Å². The van der Waals surface area contributed by atoms with E-state index in [1.807, 2.05) is 0 Å². The Morgan fingerprint density at radius 1 is 0.425 bits per heavy atom. The van der Waals surface area contributed by atoms with E-state index in [0.29, 0.717) is 47.3 Å². The highest BCUT2D eigenvalue weighted by molar-refractivity contribution is 5.49. The predicted octanol–water partition coefficient (Wildman–Crippen LogP) is 24.6. The van der Waals surface area contributed by atoms with E-state index in [1.54, 1.807) is 0 Å². The first-order valence-corrected chi connectivity index (χ1v) is 47.2. The van der Waals surface area contributed by atoms with Gasteiger partial charge in [-0.25, -0.2) is 0 Å². The summed E-state index contributed by atoms with van der Waals surface area (Å²) in [5.41, 5.74) is -1.86. The molecule has 0 aromatic rings. The fourth-order valence-corrected chi connectivity index (χ4v) is 29.9. The monoisotopic (exact) mass is 1480 g/mol. The molecule has 12 saturated carbocycles. The molecule has 12 aliphatic carbocycles. The lowest BCUT2D eigenvalue weighted by molar-refractivity contribution is -0.421. The second kappa shape index (κ2) is 37.3. The minimum absolute atomic E-state index is 0.0199. The Morgan fingerprint density at radius 3 is 1.55 bits per heavy atom. The molecule has 10 heteroatoms. The van der Waals surface area contributed by atoms with Gasteiger partial charge in [-0.05, 0) is 351 Å². The fraction of sp³-hybridized carbons (Fsp3) is 0.990. The van der Waals surface area contributed by atoms with Crippen LogP contribution in [0.15, 0.2) is 0 Å². The van der Waals surface area contributed by atoms with Crippen LogP contribution < -0.4 is 0 Å². The first-order valence-electron chi connectivity index (χ1n) is 47.2. The van der Waals surface area contributed by atoms with Crippen LogP contribution in [-0.4, -0.2) is 126 Å². The first kappa shape index (κ1) is 85.0. The van der Waals surface area contributed by atoms with Crippen LogP contribution in [0, 0.1) is 97.1 Å². The van der Waals surface area contributed by atoms with E-state index in [0.717, 1.165) is 155 Å². The van der Waals surface area contributed by atoms with E-state index in [1.165, 1.54) is 167 Å². The van der Waals surface area contributed by atoms with E-state index < -0.39 is 0 Å². The maximum Gasteiger partial charge on any atom is 0.0614 e. The number of hydrogen-bond acceptors (Lipinski definition) is 10. The van der Waals surface area contributed by atoms with Gasteiger partial charge >= 0.3 is 0 Å². The molecule has 0 aliphatic heterocycles. The zero-order valence-corrected chi connectivity index (χ0v) is 72.1. The Morgan fingerprint density at radius 2 is 0.943 bits per heavy atom. The van der Waals surface area contributed by atoms with Crippen molar-refractivity contribution in [2.45, 2.75) is 465 Å². The molecular weight excluding hydrogens is 1310 g/mol. The SMILES string of the molecule is CCCCOC1CCCC1C1(C2(C3(C4CCCC4OCC(C)C)CCCC(OCC)C3)C[C](C3(C4CC4)CCCC(OCC(C)C)C3)C2(C2(C3CCCC3OC(C)CC)CCCC(OCCC)C2)C2(C3CCCC(OC(C)C)C3)CCCC(OCCCC)C2C2CCCC2OC(C)(C)C)CCCC(OC)C1. The zero-order valence-electron chi connectivity index (χ0n) is 72.1. The van der Waals surface area contributed by atoms with Crippen molar-refractivity contribution in [1.82, 2.24) is 0 Å². The normalized spacial score (nSPS) is 43.3. The van der Waals surface area contributed by atoms with Gasteiger partial charge in [-0.15, -0.1) is 0 Å². The molecule has 106 heavy (non-hydrogen) atoms. The molecule has 24 unspecified atom stereocenters. The van der Waals surface area contributed by atoms with E-state index in [-0.39, 0.29) is 123 Å². The Labute approximate surface area is 652 Å². The second-order valence-corrected chi connectivity index (χ2v) is 41.2. The zero-order chi connectivity index (χ0) is 75.1. The lowest BCUT2D eigenvalue weighted by atomic mass is 9.11. The molecule has 0 amide bonds. The van der Waals surface area contributed by atoms with E-state index in [2.05, 4.69) is 117 Å². The molecule has 0 bridgehead atoms. The van der Waals surface area contributed by atoms with Crippen molar-refractivity contribution in [3.63, 3.8) is 0 Å². The van der Waals surface area contributed by atoms with Gasteiger partial charge in [0.05, 0.1) is 78.8 Å². The maximum atomic E-state index is 8.46. The molecule has 12 fully saturated rings. The number of unbranched alkanes of at least 4 members (excludes halogenated alkanes) is 2. The van der Waals surface area contributed by atoms with Crippen molar-refractivity contribution in [2.75, 3.05) is 46.8 Å². The third-order valence-electron chi connectivity index (χ3n) is 32.7. The molecule has 10 nitrogen and oxygen atoms in total. The highest BCUT2D eigenvalue weighted by atomic mass is 16.5. The molecule has 613 valence electrons. The average Bonchev–Trinajstić information content (AvgIpc) is 1.00.